The molecular formula is C47H51N9O4S2. The zero-order chi connectivity index (χ0) is 41.9. The Morgan fingerprint density at radius 2 is 1.03 bits per heavy atom. The van der Waals surface area contributed by atoms with Gasteiger partial charge in [0.05, 0.1) is 31.5 Å². The molecule has 4 bridgehead atoms. The summed E-state index contributed by atoms with van der Waals surface area (Å²) in [6, 6.07) is 17.6. The first-order valence-corrected chi connectivity index (χ1v) is 23.9. The van der Waals surface area contributed by atoms with E-state index in [-0.39, 0.29) is 30.0 Å². The molecule has 0 N–H and O–H groups in total. The Hall–Kier alpha value is -5.41. The number of pyridine rings is 1. The zero-order valence-electron chi connectivity index (χ0n) is 35.1. The normalized spacial score (nSPS) is 27.4. The van der Waals surface area contributed by atoms with Crippen LogP contribution in [0.5, 0.6) is 11.5 Å². The molecule has 4 aliphatic heterocycles. The lowest BCUT2D eigenvalue weighted by Gasteiger charge is -2.44. The Kier molecular flexibility index (Phi) is 10.4. The maximum absolute atomic E-state index is 13.2. The van der Waals surface area contributed by atoms with Gasteiger partial charge in [0.25, 0.3) is 0 Å². The Labute approximate surface area is 369 Å². The van der Waals surface area contributed by atoms with Crippen LogP contribution >= 0.6 is 22.7 Å². The number of carbonyl (C=O) groups is 2. The van der Waals surface area contributed by atoms with E-state index >= 15 is 0 Å². The minimum Gasteiger partial charge on any atom is -0.489 e. The summed E-state index contributed by atoms with van der Waals surface area (Å²) < 4.78 is 14.6. The number of aromatic nitrogens is 5. The van der Waals surface area contributed by atoms with Gasteiger partial charge in [-0.15, -0.1) is 22.7 Å². The number of ether oxygens (including phenoxy) is 2. The third-order valence-electron chi connectivity index (χ3n) is 13.9. The first-order valence-electron chi connectivity index (χ1n) is 22.1. The summed E-state index contributed by atoms with van der Waals surface area (Å²) in [4.78, 5) is 57.8. The number of aryl methyl sites for hydroxylation is 2. The molecule has 4 atom stereocenters. The molecule has 2 saturated carbocycles. The second-order valence-electron chi connectivity index (χ2n) is 18.1. The Bertz CT molecular complexity index is 2370. The van der Waals surface area contributed by atoms with Crippen LogP contribution in [0.1, 0.15) is 62.5 Å². The summed E-state index contributed by atoms with van der Waals surface area (Å²) in [6.07, 6.45) is 13.6. The molecule has 2 aromatic carbocycles. The minimum absolute atomic E-state index is 0.0761. The molecule has 4 saturated heterocycles. The number of fused-ring (bicyclic) bond motifs is 6. The average Bonchev–Trinajstić information content (AvgIpc) is 4.05. The average molecular weight is 870 g/mol. The molecular weight excluding hydrogens is 819 g/mol. The van der Waals surface area contributed by atoms with Crippen LogP contribution in [0.2, 0.25) is 0 Å². The van der Waals surface area contributed by atoms with Crippen molar-refractivity contribution in [3.8, 4) is 11.5 Å². The van der Waals surface area contributed by atoms with Crippen LogP contribution in [0.4, 0.5) is 11.8 Å². The number of amides is 2. The molecule has 6 aliphatic rings. The van der Waals surface area contributed by atoms with Crippen LogP contribution in [0.25, 0.3) is 20.4 Å². The van der Waals surface area contributed by atoms with Gasteiger partial charge in [-0.05, 0) is 107 Å². The monoisotopic (exact) mass is 869 g/mol. The molecule has 4 unspecified atom stereocenters. The number of carbonyl (C=O) groups excluding carboxylic acids is 2. The van der Waals surface area contributed by atoms with Crippen molar-refractivity contribution in [2.24, 2.45) is 11.8 Å². The molecule has 2 amide bonds. The summed E-state index contributed by atoms with van der Waals surface area (Å²) in [6.45, 7) is 7.24. The fourth-order valence-corrected chi connectivity index (χ4v) is 12.0. The number of likely N-dealkylation sites (tertiary alicyclic amines) is 2. The van der Waals surface area contributed by atoms with Gasteiger partial charge >= 0.3 is 0 Å². The standard InChI is InChI=1S/C24H26N4O2S.C23H25N5O2S/c1-15-5-8-22(25-11-15)28-17-6-7-18(28)13-27(12-17)24(29)16-9-19(10-16)30-21-4-2-3-20-23(21)31-14-26-20;1-14-9-24-23(25-10-14)28-16-5-6-17(28)12-27(11-16)22(29)15-7-18(8-15)30-20-4-2-3-19-21(20)31-13-26-19/h2-5,8,11,14,16-19H,6-7,9-10,12-13H2,1H3;2-4,9-10,13,15-18H,5-8,11-12H2,1H3. The Balaban J connectivity index is 0.000000139. The van der Waals surface area contributed by atoms with Crippen LogP contribution in [0, 0.1) is 25.7 Å². The molecule has 0 radical (unpaired) electrons. The van der Waals surface area contributed by atoms with Crippen LogP contribution in [0.3, 0.4) is 0 Å². The number of anilines is 2. The summed E-state index contributed by atoms with van der Waals surface area (Å²) >= 11 is 3.21. The SMILES string of the molecule is Cc1ccc(N2C3CCC2CN(C(=O)C2CC(Oc4cccc5ncsc45)C2)C3)nc1.Cc1cnc(N2C3CCC2CN(C(=O)C2CC(Oc4cccc5ncsc45)C2)C3)nc1. The molecule has 0 spiro atoms. The van der Waals surface area contributed by atoms with Gasteiger partial charge in [0.15, 0.2) is 0 Å². The fraction of sp³-hybridized carbons (Fsp3) is 0.468. The van der Waals surface area contributed by atoms with Gasteiger partial charge < -0.3 is 29.1 Å². The first kappa shape index (κ1) is 39.4. The van der Waals surface area contributed by atoms with E-state index in [0.717, 1.165) is 127 Å². The van der Waals surface area contributed by atoms with Crippen molar-refractivity contribution in [2.45, 2.75) is 102 Å². The molecule has 15 heteroatoms. The lowest BCUT2D eigenvalue weighted by Crippen LogP contribution is -2.58. The smallest absolute Gasteiger partial charge is 0.226 e. The second-order valence-corrected chi connectivity index (χ2v) is 19.8. The van der Waals surface area contributed by atoms with E-state index in [1.54, 1.807) is 22.7 Å². The predicted molar refractivity (Wildman–Crippen MR) is 241 cm³/mol. The van der Waals surface area contributed by atoms with Gasteiger partial charge in [-0.3, -0.25) is 9.59 Å². The van der Waals surface area contributed by atoms with Crippen molar-refractivity contribution in [3.05, 3.63) is 89.3 Å². The molecule has 4 aromatic heterocycles. The van der Waals surface area contributed by atoms with Gasteiger partial charge in [-0.2, -0.15) is 0 Å². The predicted octanol–water partition coefficient (Wildman–Crippen LogP) is 7.47. The maximum Gasteiger partial charge on any atom is 0.226 e. The zero-order valence-corrected chi connectivity index (χ0v) is 36.7. The first-order chi connectivity index (χ1) is 30.3. The lowest BCUT2D eigenvalue weighted by molar-refractivity contribution is -0.143. The fourth-order valence-electron chi connectivity index (χ4n) is 10.5. The quantitative estimate of drug-likeness (QED) is 0.151. The topological polar surface area (TPSA) is 130 Å². The third-order valence-corrected chi connectivity index (χ3v) is 15.6. The second kappa shape index (κ2) is 16.4. The van der Waals surface area contributed by atoms with Crippen molar-refractivity contribution in [1.82, 2.24) is 34.7 Å². The highest BCUT2D eigenvalue weighted by Gasteiger charge is 2.47. The number of nitrogens with zero attached hydrogens (tertiary/aromatic N) is 9. The number of hydrogen-bond donors (Lipinski definition) is 0. The molecule has 8 heterocycles. The molecule has 62 heavy (non-hydrogen) atoms. The molecule has 2 aliphatic carbocycles. The highest BCUT2D eigenvalue weighted by Crippen LogP contribution is 2.41. The highest BCUT2D eigenvalue weighted by atomic mass is 32.1. The molecule has 13 nitrogen and oxygen atoms in total. The van der Waals surface area contributed by atoms with Crippen molar-refractivity contribution < 1.29 is 19.1 Å². The van der Waals surface area contributed by atoms with E-state index in [9.17, 15) is 9.59 Å². The minimum atomic E-state index is 0.0761. The van der Waals surface area contributed by atoms with E-state index in [1.165, 1.54) is 5.56 Å². The molecule has 6 fully saturated rings. The molecule has 6 aromatic rings. The van der Waals surface area contributed by atoms with Crippen LogP contribution in [-0.2, 0) is 9.59 Å². The van der Waals surface area contributed by atoms with Crippen LogP contribution in [0.15, 0.2) is 78.1 Å². The van der Waals surface area contributed by atoms with Crippen molar-refractivity contribution in [3.63, 3.8) is 0 Å². The summed E-state index contributed by atoms with van der Waals surface area (Å²) in [5.74, 6) is 4.41. The van der Waals surface area contributed by atoms with E-state index in [1.807, 2.05) is 72.9 Å². The number of hydrogen-bond acceptors (Lipinski definition) is 13. The van der Waals surface area contributed by atoms with Crippen LogP contribution in [-0.4, -0.2) is 109 Å². The number of thiazole rings is 2. The van der Waals surface area contributed by atoms with Gasteiger partial charge in [-0.25, -0.2) is 24.9 Å². The number of rotatable bonds is 8. The van der Waals surface area contributed by atoms with Gasteiger partial charge in [0.1, 0.15) is 29.5 Å². The van der Waals surface area contributed by atoms with Crippen molar-refractivity contribution >= 4 is 66.7 Å². The summed E-state index contributed by atoms with van der Waals surface area (Å²) in [7, 11) is 0. The van der Waals surface area contributed by atoms with Gasteiger partial charge in [0.2, 0.25) is 17.8 Å². The van der Waals surface area contributed by atoms with Gasteiger partial charge in [0, 0.05) is 80.8 Å². The van der Waals surface area contributed by atoms with E-state index in [0.29, 0.717) is 30.1 Å². The van der Waals surface area contributed by atoms with Crippen molar-refractivity contribution in [2.75, 3.05) is 36.0 Å². The van der Waals surface area contributed by atoms with E-state index in [2.05, 4.69) is 63.6 Å². The summed E-state index contributed by atoms with van der Waals surface area (Å²) in [5.41, 5.74) is 7.90. The largest absolute Gasteiger partial charge is 0.489 e. The Morgan fingerprint density at radius 3 is 1.50 bits per heavy atom. The Morgan fingerprint density at radius 1 is 0.565 bits per heavy atom. The lowest BCUT2D eigenvalue weighted by atomic mass is 9.81. The van der Waals surface area contributed by atoms with Crippen LogP contribution < -0.4 is 19.3 Å². The number of piperazine rings is 2. The maximum atomic E-state index is 13.2. The van der Waals surface area contributed by atoms with Crippen molar-refractivity contribution in [1.29, 1.82) is 0 Å². The molecule has 320 valence electrons. The highest BCUT2D eigenvalue weighted by molar-refractivity contribution is 7.17. The third kappa shape index (κ3) is 7.50. The number of benzene rings is 2. The van der Waals surface area contributed by atoms with Gasteiger partial charge in [-0.1, -0.05) is 18.2 Å². The molecule has 12 rings (SSSR count). The summed E-state index contributed by atoms with van der Waals surface area (Å²) in [5, 5.41) is 0. The van der Waals surface area contributed by atoms with E-state index in [4.69, 9.17) is 9.47 Å². The van der Waals surface area contributed by atoms with E-state index < -0.39 is 0 Å².